The van der Waals surface area contributed by atoms with Crippen molar-refractivity contribution in [3.63, 3.8) is 0 Å². The molecule has 2 heteroatoms. The Hall–Kier alpha value is -1.96. The minimum atomic E-state index is 0.213. The zero-order chi connectivity index (χ0) is 14.9. The number of ether oxygens (including phenoxy) is 1. The summed E-state index contributed by atoms with van der Waals surface area (Å²) in [6.07, 6.45) is 7.15. The van der Waals surface area contributed by atoms with Gasteiger partial charge in [0.05, 0.1) is 0 Å². The molecule has 0 unspecified atom stereocenters. The van der Waals surface area contributed by atoms with Gasteiger partial charge in [0.2, 0.25) is 0 Å². The Labute approximate surface area is 127 Å². The molecule has 0 bridgehead atoms. The molecule has 0 atom stereocenters. The van der Waals surface area contributed by atoms with Crippen molar-refractivity contribution in [2.75, 3.05) is 0 Å². The Bertz CT molecular complexity index is 535. The molecule has 0 amide bonds. The molecule has 0 aliphatic carbocycles. The Morgan fingerprint density at radius 2 is 1.62 bits per heavy atom. The van der Waals surface area contributed by atoms with Gasteiger partial charge in [0.15, 0.2) is 11.5 Å². The molecular weight excluding hydrogens is 260 g/mol. The van der Waals surface area contributed by atoms with Crippen LogP contribution in [0.1, 0.15) is 44.6 Å². The maximum absolute atomic E-state index is 10.1. The van der Waals surface area contributed by atoms with Crippen LogP contribution < -0.4 is 4.74 Å². The molecule has 21 heavy (non-hydrogen) atoms. The normalized spacial score (nSPS) is 10.5. The minimum Gasteiger partial charge on any atom is -0.504 e. The van der Waals surface area contributed by atoms with Crippen molar-refractivity contribution >= 4 is 0 Å². The minimum absolute atomic E-state index is 0.213. The number of phenolic OH excluding ortho intramolecular Hbond substituents is 1. The van der Waals surface area contributed by atoms with E-state index >= 15 is 0 Å². The highest BCUT2D eigenvalue weighted by molar-refractivity contribution is 5.48. The second kappa shape index (κ2) is 8.35. The average molecular weight is 284 g/mol. The van der Waals surface area contributed by atoms with E-state index in [0.29, 0.717) is 5.75 Å². The zero-order valence-electron chi connectivity index (χ0n) is 12.7. The van der Waals surface area contributed by atoms with Crippen LogP contribution in [0.25, 0.3) is 0 Å². The van der Waals surface area contributed by atoms with Crippen LogP contribution in [0.3, 0.4) is 0 Å². The van der Waals surface area contributed by atoms with Crippen LogP contribution >= 0.6 is 0 Å². The molecule has 0 spiro atoms. The van der Waals surface area contributed by atoms with E-state index in [-0.39, 0.29) is 5.75 Å². The van der Waals surface area contributed by atoms with E-state index in [0.717, 1.165) is 24.2 Å². The van der Waals surface area contributed by atoms with E-state index in [9.17, 15) is 5.11 Å². The first-order chi connectivity index (χ1) is 10.3. The van der Waals surface area contributed by atoms with Crippen LogP contribution in [-0.2, 0) is 6.42 Å². The summed E-state index contributed by atoms with van der Waals surface area (Å²) in [7, 11) is 0. The molecule has 0 fully saturated rings. The fourth-order valence-corrected chi connectivity index (χ4v) is 2.41. The topological polar surface area (TPSA) is 29.5 Å². The smallest absolute Gasteiger partial charge is 0.172 e. The van der Waals surface area contributed by atoms with Gasteiger partial charge in [-0.25, -0.2) is 0 Å². The fourth-order valence-electron chi connectivity index (χ4n) is 2.41. The van der Waals surface area contributed by atoms with Gasteiger partial charge in [-0.15, -0.1) is 0 Å². The highest BCUT2D eigenvalue weighted by Crippen LogP contribution is 2.35. The maximum atomic E-state index is 10.1. The number of aromatic hydroxyl groups is 1. The molecule has 0 saturated carbocycles. The van der Waals surface area contributed by atoms with Crippen molar-refractivity contribution in [3.8, 4) is 17.2 Å². The van der Waals surface area contributed by atoms with Gasteiger partial charge in [0.1, 0.15) is 5.75 Å². The second-order valence-electron chi connectivity index (χ2n) is 5.34. The van der Waals surface area contributed by atoms with Crippen molar-refractivity contribution < 1.29 is 9.84 Å². The molecule has 0 aliphatic rings. The molecular formula is C19H24O2. The number of para-hydroxylation sites is 2. The van der Waals surface area contributed by atoms with Crippen molar-refractivity contribution in [2.24, 2.45) is 0 Å². The lowest BCUT2D eigenvalue weighted by atomic mass is 10.0. The predicted molar refractivity (Wildman–Crippen MR) is 87.1 cm³/mol. The molecule has 0 aromatic heterocycles. The highest BCUT2D eigenvalue weighted by Gasteiger charge is 2.10. The monoisotopic (exact) mass is 284 g/mol. The Morgan fingerprint density at radius 3 is 2.38 bits per heavy atom. The van der Waals surface area contributed by atoms with Crippen molar-refractivity contribution in [2.45, 2.75) is 45.4 Å². The third-order valence-electron chi connectivity index (χ3n) is 3.59. The third-order valence-corrected chi connectivity index (χ3v) is 3.59. The lowest BCUT2D eigenvalue weighted by Gasteiger charge is -2.12. The molecule has 0 saturated heterocycles. The van der Waals surface area contributed by atoms with E-state index in [2.05, 4.69) is 6.92 Å². The van der Waals surface area contributed by atoms with E-state index in [1.165, 1.54) is 25.7 Å². The lowest BCUT2D eigenvalue weighted by Crippen LogP contribution is -1.93. The maximum Gasteiger partial charge on any atom is 0.172 e. The summed E-state index contributed by atoms with van der Waals surface area (Å²) in [6, 6.07) is 15.2. The van der Waals surface area contributed by atoms with Crippen LogP contribution in [0.5, 0.6) is 17.2 Å². The summed E-state index contributed by atoms with van der Waals surface area (Å²) in [5.41, 5.74) is 1.08. The van der Waals surface area contributed by atoms with Gasteiger partial charge in [0, 0.05) is 0 Å². The molecule has 2 aromatic carbocycles. The van der Waals surface area contributed by atoms with Crippen LogP contribution in [0.4, 0.5) is 0 Å². The molecule has 2 nitrogen and oxygen atoms in total. The summed E-state index contributed by atoms with van der Waals surface area (Å²) >= 11 is 0. The van der Waals surface area contributed by atoms with Crippen molar-refractivity contribution in [3.05, 3.63) is 54.1 Å². The van der Waals surface area contributed by atoms with Crippen molar-refractivity contribution in [1.82, 2.24) is 0 Å². The standard InChI is InChI=1S/C19H24O2/c1-2-3-4-5-7-11-16-12-10-15-18(20)19(16)21-17-13-8-6-9-14-17/h6,8-10,12-15,20H,2-5,7,11H2,1H3. The molecule has 2 aromatic rings. The first kappa shape index (κ1) is 15.4. The SMILES string of the molecule is CCCCCCCc1cccc(O)c1Oc1ccccc1. The Balaban J connectivity index is 2.02. The van der Waals surface area contributed by atoms with Crippen LogP contribution in [0.15, 0.2) is 48.5 Å². The molecule has 1 N–H and O–H groups in total. The number of phenols is 1. The van der Waals surface area contributed by atoms with Crippen LogP contribution in [0, 0.1) is 0 Å². The average Bonchev–Trinajstić information content (AvgIpc) is 2.51. The number of benzene rings is 2. The molecule has 0 radical (unpaired) electrons. The number of rotatable bonds is 8. The fraction of sp³-hybridized carbons (Fsp3) is 0.368. The summed E-state index contributed by atoms with van der Waals surface area (Å²) in [6.45, 7) is 2.22. The second-order valence-corrected chi connectivity index (χ2v) is 5.34. The van der Waals surface area contributed by atoms with E-state index in [1.807, 2.05) is 42.5 Å². The van der Waals surface area contributed by atoms with Gasteiger partial charge in [-0.05, 0) is 36.6 Å². The Kier molecular flexibility index (Phi) is 6.14. The molecule has 112 valence electrons. The van der Waals surface area contributed by atoms with E-state index < -0.39 is 0 Å². The molecule has 2 rings (SSSR count). The third kappa shape index (κ3) is 4.82. The number of hydrogen-bond donors (Lipinski definition) is 1. The summed E-state index contributed by atoms with van der Waals surface area (Å²) in [4.78, 5) is 0. The first-order valence-electron chi connectivity index (χ1n) is 7.85. The lowest BCUT2D eigenvalue weighted by molar-refractivity contribution is 0.406. The van der Waals surface area contributed by atoms with E-state index in [4.69, 9.17) is 4.74 Å². The highest BCUT2D eigenvalue weighted by atomic mass is 16.5. The summed E-state index contributed by atoms with van der Waals surface area (Å²) in [5, 5.41) is 10.1. The van der Waals surface area contributed by atoms with Gasteiger partial charge in [0.25, 0.3) is 0 Å². The largest absolute Gasteiger partial charge is 0.504 e. The summed E-state index contributed by atoms with van der Waals surface area (Å²) < 4.78 is 5.87. The number of aryl methyl sites for hydroxylation is 1. The van der Waals surface area contributed by atoms with Crippen LogP contribution in [-0.4, -0.2) is 5.11 Å². The Morgan fingerprint density at radius 1 is 0.857 bits per heavy atom. The molecule has 0 aliphatic heterocycles. The quantitative estimate of drug-likeness (QED) is 0.630. The van der Waals surface area contributed by atoms with Gasteiger partial charge < -0.3 is 9.84 Å². The van der Waals surface area contributed by atoms with Gasteiger partial charge >= 0.3 is 0 Å². The number of unbranched alkanes of at least 4 members (excludes halogenated alkanes) is 4. The van der Waals surface area contributed by atoms with E-state index in [1.54, 1.807) is 6.07 Å². The predicted octanol–water partition coefficient (Wildman–Crippen LogP) is 5.70. The first-order valence-corrected chi connectivity index (χ1v) is 7.85. The van der Waals surface area contributed by atoms with Gasteiger partial charge in [-0.3, -0.25) is 0 Å². The van der Waals surface area contributed by atoms with Gasteiger partial charge in [-0.2, -0.15) is 0 Å². The zero-order valence-corrected chi connectivity index (χ0v) is 12.7. The van der Waals surface area contributed by atoms with Crippen molar-refractivity contribution in [1.29, 1.82) is 0 Å². The molecule has 0 heterocycles. The number of hydrogen-bond acceptors (Lipinski definition) is 2. The van der Waals surface area contributed by atoms with Crippen LogP contribution in [0.2, 0.25) is 0 Å². The summed E-state index contributed by atoms with van der Waals surface area (Å²) in [5.74, 6) is 1.57. The van der Waals surface area contributed by atoms with Gasteiger partial charge in [-0.1, -0.05) is 62.9 Å².